The molecule has 0 radical (unpaired) electrons. The van der Waals surface area contributed by atoms with Gasteiger partial charge >= 0.3 is 0 Å². The van der Waals surface area contributed by atoms with Gasteiger partial charge in [-0.3, -0.25) is 4.79 Å². The van der Waals surface area contributed by atoms with E-state index >= 15 is 0 Å². The maximum Gasteiger partial charge on any atom is 0.261 e. The van der Waals surface area contributed by atoms with Crippen LogP contribution >= 0.6 is 0 Å². The molecule has 1 amide bonds. The molecule has 0 fully saturated rings. The molecular formula is C22H13F5N2O2. The fourth-order valence-electron chi connectivity index (χ4n) is 3.17. The summed E-state index contributed by atoms with van der Waals surface area (Å²) >= 11 is 0. The van der Waals surface area contributed by atoms with E-state index in [0.717, 1.165) is 16.7 Å². The zero-order valence-electron chi connectivity index (χ0n) is 16.1. The molecule has 0 saturated carbocycles. The number of aryl methyl sites for hydroxylation is 2. The lowest BCUT2D eigenvalue weighted by molar-refractivity contribution is 0.101. The van der Waals surface area contributed by atoms with Crippen LogP contribution in [-0.4, -0.2) is 10.9 Å². The fraction of sp³-hybridized carbons (Fsp3) is 0.0909. The van der Waals surface area contributed by atoms with E-state index in [1.54, 1.807) is 0 Å². The quantitative estimate of drug-likeness (QED) is 0.243. The van der Waals surface area contributed by atoms with Gasteiger partial charge in [-0.25, -0.2) is 26.9 Å². The number of rotatable bonds is 3. The SMILES string of the molecule is Cc1ccc(-c2nc3cc(NC(=O)c4c(F)c(F)c(F)c(F)c4F)ccc3o2)c(C)c1. The Kier molecular flexibility index (Phi) is 4.96. The molecule has 31 heavy (non-hydrogen) atoms. The largest absolute Gasteiger partial charge is 0.436 e. The molecule has 1 heterocycles. The maximum absolute atomic E-state index is 13.9. The average molecular weight is 432 g/mol. The van der Waals surface area contributed by atoms with Gasteiger partial charge in [0.05, 0.1) is 0 Å². The number of halogens is 5. The summed E-state index contributed by atoms with van der Waals surface area (Å²) in [4.78, 5) is 16.6. The van der Waals surface area contributed by atoms with Crippen molar-refractivity contribution in [2.45, 2.75) is 13.8 Å². The van der Waals surface area contributed by atoms with Crippen molar-refractivity contribution in [3.05, 3.63) is 82.2 Å². The first-order valence-electron chi connectivity index (χ1n) is 8.98. The van der Waals surface area contributed by atoms with E-state index in [2.05, 4.69) is 10.3 Å². The molecule has 158 valence electrons. The van der Waals surface area contributed by atoms with Crippen molar-refractivity contribution in [3.63, 3.8) is 0 Å². The zero-order valence-corrected chi connectivity index (χ0v) is 16.1. The van der Waals surface area contributed by atoms with Crippen LogP contribution in [0, 0.1) is 42.9 Å². The third-order valence-corrected chi connectivity index (χ3v) is 4.69. The first-order chi connectivity index (χ1) is 14.7. The Morgan fingerprint density at radius 3 is 2.16 bits per heavy atom. The van der Waals surface area contributed by atoms with Crippen LogP contribution in [0.3, 0.4) is 0 Å². The maximum atomic E-state index is 13.9. The summed E-state index contributed by atoms with van der Waals surface area (Å²) in [6.45, 7) is 3.84. The Balaban J connectivity index is 1.68. The Morgan fingerprint density at radius 1 is 0.871 bits per heavy atom. The summed E-state index contributed by atoms with van der Waals surface area (Å²) < 4.78 is 73.3. The molecule has 1 aromatic heterocycles. The van der Waals surface area contributed by atoms with Crippen LogP contribution < -0.4 is 5.32 Å². The molecule has 1 N–H and O–H groups in total. The minimum absolute atomic E-state index is 0.0296. The van der Waals surface area contributed by atoms with Gasteiger partial charge in [-0.05, 0) is 43.7 Å². The molecule has 0 spiro atoms. The van der Waals surface area contributed by atoms with Gasteiger partial charge in [0.15, 0.2) is 28.9 Å². The van der Waals surface area contributed by atoms with Gasteiger partial charge in [0.2, 0.25) is 11.7 Å². The normalized spacial score (nSPS) is 11.2. The second kappa shape index (κ2) is 7.50. The molecule has 0 atom stereocenters. The molecule has 0 unspecified atom stereocenters. The highest BCUT2D eigenvalue weighted by molar-refractivity contribution is 6.05. The van der Waals surface area contributed by atoms with E-state index in [0.29, 0.717) is 17.0 Å². The second-order valence-corrected chi connectivity index (χ2v) is 6.92. The van der Waals surface area contributed by atoms with Gasteiger partial charge in [-0.1, -0.05) is 17.7 Å². The first-order valence-corrected chi connectivity index (χ1v) is 8.98. The average Bonchev–Trinajstić information content (AvgIpc) is 3.14. The van der Waals surface area contributed by atoms with Crippen molar-refractivity contribution in [2.24, 2.45) is 0 Å². The molecule has 4 rings (SSSR count). The van der Waals surface area contributed by atoms with Gasteiger partial charge < -0.3 is 9.73 Å². The Labute approximate surface area is 172 Å². The lowest BCUT2D eigenvalue weighted by atomic mass is 10.1. The van der Waals surface area contributed by atoms with Crippen LogP contribution in [-0.2, 0) is 0 Å². The number of hydrogen-bond acceptors (Lipinski definition) is 3. The van der Waals surface area contributed by atoms with Crippen LogP contribution in [0.5, 0.6) is 0 Å². The Morgan fingerprint density at radius 2 is 1.52 bits per heavy atom. The molecule has 4 aromatic rings. The van der Waals surface area contributed by atoms with E-state index < -0.39 is 40.6 Å². The van der Waals surface area contributed by atoms with E-state index in [9.17, 15) is 26.7 Å². The number of hydrogen-bond donors (Lipinski definition) is 1. The van der Waals surface area contributed by atoms with Gasteiger partial charge in [-0.2, -0.15) is 0 Å². The van der Waals surface area contributed by atoms with E-state index in [1.165, 1.54) is 18.2 Å². The number of aromatic nitrogens is 1. The number of anilines is 1. The van der Waals surface area contributed by atoms with Crippen LogP contribution in [0.4, 0.5) is 27.6 Å². The van der Waals surface area contributed by atoms with Crippen LogP contribution in [0.25, 0.3) is 22.6 Å². The summed E-state index contributed by atoms with van der Waals surface area (Å²) in [6.07, 6.45) is 0. The van der Waals surface area contributed by atoms with Crippen molar-refractivity contribution in [1.29, 1.82) is 0 Å². The number of amides is 1. The predicted octanol–water partition coefficient (Wildman–Crippen LogP) is 6.06. The number of nitrogens with one attached hydrogen (secondary N) is 1. The van der Waals surface area contributed by atoms with Crippen LogP contribution in [0.15, 0.2) is 40.8 Å². The van der Waals surface area contributed by atoms with Crippen molar-refractivity contribution < 1.29 is 31.2 Å². The minimum Gasteiger partial charge on any atom is -0.436 e. The third kappa shape index (κ3) is 3.52. The smallest absolute Gasteiger partial charge is 0.261 e. The molecule has 0 aliphatic carbocycles. The van der Waals surface area contributed by atoms with Crippen molar-refractivity contribution >= 4 is 22.7 Å². The monoisotopic (exact) mass is 432 g/mol. The molecule has 0 aliphatic rings. The molecule has 4 nitrogen and oxygen atoms in total. The van der Waals surface area contributed by atoms with Crippen molar-refractivity contribution in [2.75, 3.05) is 5.32 Å². The van der Waals surface area contributed by atoms with E-state index in [4.69, 9.17) is 4.42 Å². The molecular weight excluding hydrogens is 419 g/mol. The fourth-order valence-corrected chi connectivity index (χ4v) is 3.17. The highest BCUT2D eigenvalue weighted by Crippen LogP contribution is 2.29. The number of carbonyl (C=O) groups excluding carboxylic acids is 1. The lowest BCUT2D eigenvalue weighted by Crippen LogP contribution is -2.19. The minimum atomic E-state index is -2.34. The van der Waals surface area contributed by atoms with Gasteiger partial charge in [0.1, 0.15) is 11.1 Å². The lowest BCUT2D eigenvalue weighted by Gasteiger charge is -2.09. The number of fused-ring (bicyclic) bond motifs is 1. The van der Waals surface area contributed by atoms with Crippen molar-refractivity contribution in [3.8, 4) is 11.5 Å². The summed E-state index contributed by atoms with van der Waals surface area (Å²) in [7, 11) is 0. The number of oxazole rings is 1. The van der Waals surface area contributed by atoms with Crippen molar-refractivity contribution in [1.82, 2.24) is 4.98 Å². The molecule has 0 saturated heterocycles. The molecule has 0 aliphatic heterocycles. The van der Waals surface area contributed by atoms with Gasteiger partial charge in [0.25, 0.3) is 5.91 Å². The summed E-state index contributed by atoms with van der Waals surface area (Å²) in [5.41, 5.74) is 1.92. The highest BCUT2D eigenvalue weighted by atomic mass is 19.2. The number of benzene rings is 3. The second-order valence-electron chi connectivity index (χ2n) is 6.92. The van der Waals surface area contributed by atoms with Crippen LogP contribution in [0.1, 0.15) is 21.5 Å². The van der Waals surface area contributed by atoms with Crippen LogP contribution in [0.2, 0.25) is 0 Å². The van der Waals surface area contributed by atoms with Gasteiger partial charge in [-0.15, -0.1) is 0 Å². The summed E-state index contributed by atoms with van der Waals surface area (Å²) in [5.74, 6) is -12.3. The summed E-state index contributed by atoms with van der Waals surface area (Å²) in [5, 5.41) is 2.12. The van der Waals surface area contributed by atoms with E-state index in [-0.39, 0.29) is 5.69 Å². The Hall–Kier alpha value is -3.75. The van der Waals surface area contributed by atoms with E-state index in [1.807, 2.05) is 32.0 Å². The molecule has 9 heteroatoms. The standard InChI is InChI=1S/C22H13F5N2O2/c1-9-3-5-12(10(2)7-9)22-29-13-8-11(4-6-14(13)31-22)28-21(30)15-16(23)18(25)20(27)19(26)17(15)24/h3-8H,1-2H3,(H,28,30). The predicted molar refractivity (Wildman–Crippen MR) is 103 cm³/mol. The number of nitrogens with zero attached hydrogens (tertiary/aromatic N) is 1. The molecule has 3 aromatic carbocycles. The highest BCUT2D eigenvalue weighted by Gasteiger charge is 2.29. The topological polar surface area (TPSA) is 55.1 Å². The first kappa shape index (κ1) is 20.5. The third-order valence-electron chi connectivity index (χ3n) is 4.69. The van der Waals surface area contributed by atoms with Gasteiger partial charge in [0, 0.05) is 11.3 Å². The zero-order chi connectivity index (χ0) is 22.4. The summed E-state index contributed by atoms with van der Waals surface area (Å²) in [6, 6.07) is 9.87. The Bertz CT molecular complexity index is 1340. The number of carbonyl (C=O) groups is 1. The molecule has 0 bridgehead atoms.